The van der Waals surface area contributed by atoms with E-state index in [-0.39, 0.29) is 22.7 Å². The lowest BCUT2D eigenvalue weighted by molar-refractivity contribution is -0.161. The van der Waals surface area contributed by atoms with E-state index in [9.17, 15) is 14.7 Å². The molecule has 5 atom stereocenters. The molecule has 3 nitrogen and oxygen atoms in total. The minimum atomic E-state index is -0.629. The molecule has 0 aromatic rings. The highest BCUT2D eigenvalue weighted by molar-refractivity contribution is 5.86. The summed E-state index contributed by atoms with van der Waals surface area (Å²) in [5.74, 6) is 0.287. The SMILES string of the molecule is C[C@@]1(C(=O)O)CCC[C@@]2(C)C3=CC[C@@H]4C[C@@]3(CC[C@H]12)CC4=O. The van der Waals surface area contributed by atoms with E-state index in [4.69, 9.17) is 0 Å². The van der Waals surface area contributed by atoms with Crippen molar-refractivity contribution in [1.29, 1.82) is 0 Å². The topological polar surface area (TPSA) is 54.4 Å². The van der Waals surface area contributed by atoms with E-state index in [2.05, 4.69) is 13.0 Å². The molecule has 0 aliphatic heterocycles. The molecule has 0 saturated heterocycles. The lowest BCUT2D eigenvalue weighted by atomic mass is 9.44. The maximum atomic E-state index is 12.3. The van der Waals surface area contributed by atoms with Crippen LogP contribution in [0.4, 0.5) is 0 Å². The predicted octanol–water partition coefficient (Wildman–Crippen LogP) is 3.97. The van der Waals surface area contributed by atoms with Gasteiger partial charge in [0.1, 0.15) is 5.78 Å². The Morgan fingerprint density at radius 3 is 2.77 bits per heavy atom. The van der Waals surface area contributed by atoms with E-state index in [1.165, 1.54) is 5.57 Å². The Bertz CT molecular complexity index is 591. The van der Waals surface area contributed by atoms with Gasteiger partial charge in [-0.05, 0) is 62.2 Å². The Morgan fingerprint density at radius 1 is 1.27 bits per heavy atom. The monoisotopic (exact) mass is 302 g/mol. The second-order valence-electron chi connectivity index (χ2n) is 8.76. The second-order valence-corrected chi connectivity index (χ2v) is 8.76. The number of allylic oxidation sites excluding steroid dienone is 2. The van der Waals surface area contributed by atoms with Crippen LogP contribution in [0.1, 0.15) is 65.2 Å². The molecule has 0 amide bonds. The molecule has 4 aliphatic carbocycles. The number of aliphatic carboxylic acids is 1. The van der Waals surface area contributed by atoms with Crippen molar-refractivity contribution in [3.05, 3.63) is 11.6 Å². The first-order valence-electron chi connectivity index (χ1n) is 8.79. The zero-order valence-corrected chi connectivity index (χ0v) is 13.7. The Labute approximate surface area is 132 Å². The van der Waals surface area contributed by atoms with Crippen LogP contribution < -0.4 is 0 Å². The van der Waals surface area contributed by atoms with Gasteiger partial charge in [-0.3, -0.25) is 9.59 Å². The number of carboxylic acid groups (broad SMARTS) is 1. The predicted molar refractivity (Wildman–Crippen MR) is 83.3 cm³/mol. The summed E-state index contributed by atoms with van der Waals surface area (Å²) in [5.41, 5.74) is 0.932. The van der Waals surface area contributed by atoms with E-state index in [1.54, 1.807) is 0 Å². The Kier molecular flexibility index (Phi) is 2.79. The van der Waals surface area contributed by atoms with Gasteiger partial charge in [0.05, 0.1) is 5.41 Å². The summed E-state index contributed by atoms with van der Waals surface area (Å²) in [4.78, 5) is 24.2. The Morgan fingerprint density at radius 2 is 2.05 bits per heavy atom. The normalized spacial score (nSPS) is 50.1. The molecule has 22 heavy (non-hydrogen) atoms. The summed E-state index contributed by atoms with van der Waals surface area (Å²) >= 11 is 0. The molecule has 0 unspecified atom stereocenters. The van der Waals surface area contributed by atoms with Crippen molar-refractivity contribution in [3.8, 4) is 0 Å². The minimum absolute atomic E-state index is 0.0147. The zero-order chi connectivity index (χ0) is 15.8. The van der Waals surface area contributed by atoms with Crippen molar-refractivity contribution in [2.75, 3.05) is 0 Å². The summed E-state index contributed by atoms with van der Waals surface area (Å²) in [5, 5.41) is 9.85. The molecular formula is C19H26O3. The number of carbonyl (C=O) groups is 2. The van der Waals surface area contributed by atoms with Crippen LogP contribution in [0.2, 0.25) is 0 Å². The highest BCUT2D eigenvalue weighted by Gasteiger charge is 2.63. The van der Waals surface area contributed by atoms with Crippen LogP contribution in [0.15, 0.2) is 11.6 Å². The van der Waals surface area contributed by atoms with Gasteiger partial charge in [0.15, 0.2) is 0 Å². The third kappa shape index (κ3) is 1.58. The van der Waals surface area contributed by atoms with E-state index < -0.39 is 11.4 Å². The van der Waals surface area contributed by atoms with Gasteiger partial charge in [-0.1, -0.05) is 25.0 Å². The van der Waals surface area contributed by atoms with Crippen molar-refractivity contribution >= 4 is 11.8 Å². The molecule has 1 N–H and O–H groups in total. The van der Waals surface area contributed by atoms with Crippen LogP contribution in [0.3, 0.4) is 0 Å². The third-order valence-corrected chi connectivity index (χ3v) is 7.73. The van der Waals surface area contributed by atoms with Crippen molar-refractivity contribution in [2.45, 2.75) is 65.2 Å². The fourth-order valence-electron chi connectivity index (χ4n) is 6.71. The number of carbonyl (C=O) groups excluding carboxylic acids is 1. The molecule has 3 saturated carbocycles. The first-order valence-corrected chi connectivity index (χ1v) is 8.79. The van der Waals surface area contributed by atoms with Gasteiger partial charge in [-0.2, -0.15) is 0 Å². The van der Waals surface area contributed by atoms with Gasteiger partial charge < -0.3 is 5.11 Å². The van der Waals surface area contributed by atoms with Crippen molar-refractivity contribution in [3.63, 3.8) is 0 Å². The van der Waals surface area contributed by atoms with Crippen LogP contribution in [-0.4, -0.2) is 16.9 Å². The number of ketones is 1. The van der Waals surface area contributed by atoms with Crippen LogP contribution >= 0.6 is 0 Å². The number of hydrogen-bond acceptors (Lipinski definition) is 2. The van der Waals surface area contributed by atoms with Crippen LogP contribution in [0.25, 0.3) is 0 Å². The molecular weight excluding hydrogens is 276 g/mol. The number of fused-ring (bicyclic) bond motifs is 3. The zero-order valence-electron chi connectivity index (χ0n) is 13.7. The van der Waals surface area contributed by atoms with Gasteiger partial charge in [0.2, 0.25) is 0 Å². The maximum Gasteiger partial charge on any atom is 0.309 e. The van der Waals surface area contributed by atoms with Gasteiger partial charge in [0, 0.05) is 12.3 Å². The summed E-state index contributed by atoms with van der Waals surface area (Å²) in [6.45, 7) is 4.26. The second kappa shape index (κ2) is 4.24. The fourth-order valence-corrected chi connectivity index (χ4v) is 6.71. The van der Waals surface area contributed by atoms with E-state index in [0.29, 0.717) is 5.78 Å². The summed E-state index contributed by atoms with van der Waals surface area (Å²) in [6, 6.07) is 0. The Hall–Kier alpha value is -1.12. The van der Waals surface area contributed by atoms with E-state index in [1.807, 2.05) is 6.92 Å². The average molecular weight is 302 g/mol. The van der Waals surface area contributed by atoms with Crippen LogP contribution in [0, 0.1) is 28.1 Å². The highest BCUT2D eigenvalue weighted by atomic mass is 16.4. The molecule has 0 aromatic carbocycles. The van der Waals surface area contributed by atoms with Crippen molar-refractivity contribution in [1.82, 2.24) is 0 Å². The molecule has 0 aromatic heterocycles. The average Bonchev–Trinajstić information content (AvgIpc) is 2.68. The quantitative estimate of drug-likeness (QED) is 0.746. The first-order chi connectivity index (χ1) is 10.3. The largest absolute Gasteiger partial charge is 0.481 e. The lowest BCUT2D eigenvalue weighted by Gasteiger charge is -2.59. The molecule has 0 radical (unpaired) electrons. The molecule has 120 valence electrons. The van der Waals surface area contributed by atoms with Gasteiger partial charge in [-0.15, -0.1) is 0 Å². The van der Waals surface area contributed by atoms with Crippen molar-refractivity contribution < 1.29 is 14.7 Å². The smallest absolute Gasteiger partial charge is 0.309 e. The standard InChI is InChI=1S/C19H26O3/c1-17-7-3-8-18(2,16(21)22)14(17)6-9-19-10-12(13(20)11-19)4-5-15(17)19/h5,12,14H,3-4,6-11H2,1-2H3,(H,21,22)/t12-,14+,17-,18-,19+/m1/s1. The van der Waals surface area contributed by atoms with Gasteiger partial charge in [-0.25, -0.2) is 0 Å². The molecule has 3 heteroatoms. The Balaban J connectivity index is 1.80. The van der Waals surface area contributed by atoms with Gasteiger partial charge in [0.25, 0.3) is 0 Å². The molecule has 1 spiro atoms. The number of Topliss-reactive ketones (excluding diaryl/α,β-unsaturated/α-hetero) is 1. The molecule has 3 fully saturated rings. The molecule has 2 bridgehead atoms. The summed E-state index contributed by atoms with van der Waals surface area (Å²) in [7, 11) is 0. The summed E-state index contributed by atoms with van der Waals surface area (Å²) in [6.07, 6.45) is 9.85. The molecule has 4 aliphatic rings. The number of carboxylic acids is 1. The van der Waals surface area contributed by atoms with Gasteiger partial charge >= 0.3 is 5.97 Å². The fraction of sp³-hybridized carbons (Fsp3) is 0.789. The lowest BCUT2D eigenvalue weighted by Crippen LogP contribution is -2.54. The van der Waals surface area contributed by atoms with Crippen LogP contribution in [-0.2, 0) is 9.59 Å². The highest BCUT2D eigenvalue weighted by Crippen LogP contribution is 2.69. The minimum Gasteiger partial charge on any atom is -0.481 e. The number of rotatable bonds is 1. The van der Waals surface area contributed by atoms with E-state index >= 15 is 0 Å². The maximum absolute atomic E-state index is 12.3. The molecule has 4 rings (SSSR count). The van der Waals surface area contributed by atoms with E-state index in [0.717, 1.165) is 51.4 Å². The first kappa shape index (κ1) is 14.5. The summed E-state index contributed by atoms with van der Waals surface area (Å²) < 4.78 is 0. The molecule has 0 heterocycles. The number of hydrogen-bond donors (Lipinski definition) is 1. The van der Waals surface area contributed by atoms with Crippen LogP contribution in [0.5, 0.6) is 0 Å². The third-order valence-electron chi connectivity index (χ3n) is 7.73. The van der Waals surface area contributed by atoms with Crippen molar-refractivity contribution in [2.24, 2.45) is 28.1 Å².